The van der Waals surface area contributed by atoms with Crippen molar-refractivity contribution < 1.29 is 17.9 Å². The van der Waals surface area contributed by atoms with Crippen LogP contribution in [0.1, 0.15) is 61.6 Å². The highest BCUT2D eigenvalue weighted by atomic mass is 19.4. The van der Waals surface area contributed by atoms with Crippen molar-refractivity contribution in [1.82, 2.24) is 29.6 Å². The van der Waals surface area contributed by atoms with E-state index in [-0.39, 0.29) is 23.2 Å². The monoisotopic (exact) mass is 572 g/mol. The van der Waals surface area contributed by atoms with Gasteiger partial charge in [0.05, 0.1) is 35.2 Å². The molecular weight excluding hydrogens is 533 g/mol. The van der Waals surface area contributed by atoms with Gasteiger partial charge in [-0.05, 0) is 80.9 Å². The number of likely N-dealkylation sites (tertiary alicyclic amines) is 1. The molecule has 6 rings (SSSR count). The minimum absolute atomic E-state index is 0.000368. The molecule has 3 aliphatic rings. The summed E-state index contributed by atoms with van der Waals surface area (Å²) in [6, 6.07) is 8.80. The van der Waals surface area contributed by atoms with Crippen molar-refractivity contribution in [2.45, 2.75) is 69.4 Å². The van der Waals surface area contributed by atoms with Gasteiger partial charge in [-0.15, -0.1) is 0 Å². The maximum atomic E-state index is 14.3. The van der Waals surface area contributed by atoms with Gasteiger partial charge in [-0.1, -0.05) is 19.1 Å². The van der Waals surface area contributed by atoms with Crippen molar-refractivity contribution in [3.05, 3.63) is 69.9 Å². The second kappa shape index (κ2) is 10.9. The molecule has 8 nitrogen and oxygen atoms in total. The average molecular weight is 573 g/mol. The molecule has 1 saturated carbocycles. The summed E-state index contributed by atoms with van der Waals surface area (Å²) in [7, 11) is 3.78. The van der Waals surface area contributed by atoms with Crippen LogP contribution in [0.2, 0.25) is 0 Å². The quantitative estimate of drug-likeness (QED) is 0.420. The maximum absolute atomic E-state index is 14.3. The van der Waals surface area contributed by atoms with Crippen LogP contribution in [-0.4, -0.2) is 64.5 Å². The largest absolute Gasteiger partial charge is 0.418 e. The van der Waals surface area contributed by atoms with Gasteiger partial charge in [0.2, 0.25) is 0 Å². The number of likely N-dealkylation sites (N-methyl/N-ethyl adjacent to an activating group) is 1. The Morgan fingerprint density at radius 1 is 1.20 bits per heavy atom. The number of nitrogens with one attached hydrogen (secondary N) is 2. The van der Waals surface area contributed by atoms with E-state index in [4.69, 9.17) is 4.74 Å². The number of imidazole rings is 1. The van der Waals surface area contributed by atoms with Crippen molar-refractivity contribution in [3.63, 3.8) is 0 Å². The Kier molecular flexibility index (Phi) is 7.52. The average Bonchev–Trinajstić information content (AvgIpc) is 3.47. The van der Waals surface area contributed by atoms with E-state index in [0.717, 1.165) is 55.2 Å². The third-order valence-corrected chi connectivity index (χ3v) is 9.12. The molecular formula is C30H39F3N6O2. The second-order valence-corrected chi connectivity index (χ2v) is 12.3. The Labute approximate surface area is 238 Å². The molecule has 3 fully saturated rings. The molecule has 1 aromatic carbocycles. The van der Waals surface area contributed by atoms with Crippen LogP contribution in [0.4, 0.5) is 13.2 Å². The Bertz CT molecular complexity index is 1460. The molecule has 1 unspecified atom stereocenters. The van der Waals surface area contributed by atoms with Crippen molar-refractivity contribution in [2.75, 3.05) is 33.9 Å². The molecule has 222 valence electrons. The first-order chi connectivity index (χ1) is 19.6. The number of fused-ring (bicyclic) bond motifs is 1. The number of aromatic nitrogens is 2. The lowest BCUT2D eigenvalue weighted by atomic mass is 9.88. The fourth-order valence-corrected chi connectivity index (χ4v) is 6.67. The van der Waals surface area contributed by atoms with E-state index in [0.29, 0.717) is 30.4 Å². The number of pyridine rings is 1. The molecule has 0 amide bonds. The van der Waals surface area contributed by atoms with Gasteiger partial charge in [0.25, 0.3) is 0 Å². The van der Waals surface area contributed by atoms with Crippen molar-refractivity contribution in [3.8, 4) is 5.69 Å². The first-order valence-corrected chi connectivity index (χ1v) is 14.5. The SMILES string of the molecule is COC1(C[C@@H](c2cccc(-n3cc4c(C(F)(F)F)cc(CN5CCC[C@H](C)C5)cn4c3=O)c2)C2NNCN2C)CC1. The number of alkyl halides is 3. The second-order valence-electron chi connectivity index (χ2n) is 12.3. The molecule has 2 aromatic heterocycles. The molecule has 2 aliphatic heterocycles. The number of piperidine rings is 1. The van der Waals surface area contributed by atoms with E-state index < -0.39 is 17.4 Å². The number of methoxy groups -OCH3 is 1. The zero-order valence-corrected chi connectivity index (χ0v) is 23.9. The molecule has 0 spiro atoms. The van der Waals surface area contributed by atoms with Gasteiger partial charge in [-0.3, -0.25) is 18.8 Å². The maximum Gasteiger partial charge on any atom is 0.418 e. The van der Waals surface area contributed by atoms with Crippen LogP contribution in [-0.2, 0) is 17.5 Å². The smallest absolute Gasteiger partial charge is 0.378 e. The van der Waals surface area contributed by atoms with E-state index in [9.17, 15) is 18.0 Å². The normalized spacial score (nSPS) is 24.2. The van der Waals surface area contributed by atoms with Crippen LogP contribution in [0.3, 0.4) is 0 Å². The van der Waals surface area contributed by atoms with E-state index in [1.54, 1.807) is 19.4 Å². The molecule has 3 aromatic rings. The lowest BCUT2D eigenvalue weighted by Crippen LogP contribution is -2.42. The lowest BCUT2D eigenvalue weighted by Gasteiger charge is -2.31. The zero-order chi connectivity index (χ0) is 28.9. The predicted octanol–water partition coefficient (Wildman–Crippen LogP) is 4.32. The van der Waals surface area contributed by atoms with Crippen LogP contribution in [0, 0.1) is 5.92 Å². The number of ether oxygens (including phenoxy) is 1. The Balaban J connectivity index is 1.39. The van der Waals surface area contributed by atoms with E-state index in [1.165, 1.54) is 16.8 Å². The molecule has 4 heterocycles. The summed E-state index contributed by atoms with van der Waals surface area (Å²) in [5.41, 5.74) is 6.97. The molecule has 41 heavy (non-hydrogen) atoms. The standard InChI is InChI=1S/C30H39F3N6O2/c1-20-6-5-11-37(15-20)16-21-12-25(30(31,32)33)26-18-38(28(40)39(26)17-21)23-8-4-7-22(13-23)24(14-29(41-3)9-10-29)27-35-34-19-36(27)2/h4,7-8,12-13,17-18,20,24,27,34-35H,5-6,9-11,14-16,19H2,1-3H3/t20-,24-,27?/m0/s1. The summed E-state index contributed by atoms with van der Waals surface area (Å²) in [5, 5.41) is 0. The molecule has 1 aliphatic carbocycles. The molecule has 2 N–H and O–H groups in total. The Morgan fingerprint density at radius 2 is 2.00 bits per heavy atom. The van der Waals surface area contributed by atoms with Crippen LogP contribution in [0.15, 0.2) is 47.5 Å². The number of rotatable bonds is 8. The summed E-state index contributed by atoms with van der Waals surface area (Å²) in [5.74, 6) is 0.539. The first kappa shape index (κ1) is 28.4. The van der Waals surface area contributed by atoms with Crippen molar-refractivity contribution in [2.24, 2.45) is 5.92 Å². The van der Waals surface area contributed by atoms with Crippen LogP contribution in [0.25, 0.3) is 11.2 Å². The molecule has 11 heteroatoms. The highest BCUT2D eigenvalue weighted by Crippen LogP contribution is 2.47. The van der Waals surface area contributed by atoms with E-state index in [2.05, 4.69) is 27.6 Å². The molecule has 3 atom stereocenters. The number of hydrogen-bond donors (Lipinski definition) is 2. The number of benzene rings is 1. The predicted molar refractivity (Wildman–Crippen MR) is 151 cm³/mol. The highest BCUT2D eigenvalue weighted by Gasteiger charge is 2.47. The van der Waals surface area contributed by atoms with Gasteiger partial charge in [-0.2, -0.15) is 13.2 Å². The Morgan fingerprint density at radius 3 is 2.66 bits per heavy atom. The topological polar surface area (TPSA) is 66.2 Å². The summed E-state index contributed by atoms with van der Waals surface area (Å²) < 4.78 is 51.2. The lowest BCUT2D eigenvalue weighted by molar-refractivity contribution is -0.136. The first-order valence-electron chi connectivity index (χ1n) is 14.5. The molecule has 0 bridgehead atoms. The van der Waals surface area contributed by atoms with Gasteiger partial charge in [0.15, 0.2) is 0 Å². The third-order valence-electron chi connectivity index (χ3n) is 9.12. The number of halogens is 3. The van der Waals surface area contributed by atoms with E-state index >= 15 is 0 Å². The van der Waals surface area contributed by atoms with Crippen LogP contribution >= 0.6 is 0 Å². The molecule has 2 saturated heterocycles. The Hall–Kier alpha value is -2.70. The van der Waals surface area contributed by atoms with Crippen LogP contribution in [0.5, 0.6) is 0 Å². The highest BCUT2D eigenvalue weighted by molar-refractivity contribution is 5.58. The summed E-state index contributed by atoms with van der Waals surface area (Å²) in [6.45, 7) is 4.92. The van der Waals surface area contributed by atoms with Crippen molar-refractivity contribution in [1.29, 1.82) is 0 Å². The van der Waals surface area contributed by atoms with Gasteiger partial charge >= 0.3 is 11.9 Å². The van der Waals surface area contributed by atoms with Crippen LogP contribution < -0.4 is 16.5 Å². The van der Waals surface area contributed by atoms with Gasteiger partial charge in [0.1, 0.15) is 0 Å². The number of hydrazine groups is 1. The van der Waals surface area contributed by atoms with Gasteiger partial charge in [-0.25, -0.2) is 15.6 Å². The summed E-state index contributed by atoms with van der Waals surface area (Å²) >= 11 is 0. The fourth-order valence-electron chi connectivity index (χ4n) is 6.67. The van der Waals surface area contributed by atoms with Gasteiger partial charge < -0.3 is 4.74 Å². The van der Waals surface area contributed by atoms with Gasteiger partial charge in [0, 0.05) is 38.5 Å². The van der Waals surface area contributed by atoms with E-state index in [1.807, 2.05) is 25.2 Å². The minimum Gasteiger partial charge on any atom is -0.378 e. The fraction of sp³-hybridized carbons (Fsp3) is 0.567. The third kappa shape index (κ3) is 5.70. The zero-order valence-electron chi connectivity index (χ0n) is 23.9. The summed E-state index contributed by atoms with van der Waals surface area (Å²) in [4.78, 5) is 18.0. The molecule has 0 radical (unpaired) electrons. The number of hydrogen-bond acceptors (Lipinski definition) is 6. The van der Waals surface area contributed by atoms with Crippen molar-refractivity contribution >= 4 is 5.52 Å². The number of nitrogens with zero attached hydrogens (tertiary/aromatic N) is 4. The summed E-state index contributed by atoms with van der Waals surface area (Å²) in [6.07, 6.45) is 3.24. The minimum atomic E-state index is -4.59.